The molecule has 0 radical (unpaired) electrons. The van der Waals surface area contributed by atoms with E-state index in [1.165, 1.54) is 47.0 Å². The fourth-order valence-electron chi connectivity index (χ4n) is 2.62. The van der Waals surface area contributed by atoms with E-state index in [9.17, 15) is 13.2 Å². The van der Waals surface area contributed by atoms with Crippen molar-refractivity contribution in [2.75, 3.05) is 18.5 Å². The number of carbonyl (C=O) groups excluding carboxylic acids is 1. The van der Waals surface area contributed by atoms with Gasteiger partial charge in [0.15, 0.2) is 0 Å². The number of anilines is 1. The molecule has 0 bridgehead atoms. The van der Waals surface area contributed by atoms with Gasteiger partial charge >= 0.3 is 5.97 Å². The number of sulfonamides is 1. The lowest BCUT2D eigenvalue weighted by Gasteiger charge is -2.24. The molecule has 0 saturated heterocycles. The fraction of sp³-hybridized carbons (Fsp3) is 0.150. The number of benzene rings is 2. The molecule has 0 amide bonds. The second kappa shape index (κ2) is 8.45. The fourth-order valence-corrected chi connectivity index (χ4v) is 4.83. The van der Waals surface area contributed by atoms with Gasteiger partial charge in [-0.2, -0.15) is 0 Å². The number of hydrogen-bond acceptors (Lipinski definition) is 6. The monoisotopic (exact) mass is 417 g/mol. The molecule has 0 spiro atoms. The number of rotatable bonds is 7. The van der Waals surface area contributed by atoms with Gasteiger partial charge in [0, 0.05) is 4.88 Å². The van der Waals surface area contributed by atoms with E-state index < -0.39 is 16.0 Å². The Balaban J connectivity index is 2.00. The van der Waals surface area contributed by atoms with Crippen molar-refractivity contribution in [3.05, 3.63) is 76.5 Å². The lowest BCUT2D eigenvalue weighted by Crippen LogP contribution is -2.30. The van der Waals surface area contributed by atoms with Crippen molar-refractivity contribution >= 4 is 33.0 Å². The maximum absolute atomic E-state index is 13.3. The first-order valence-electron chi connectivity index (χ1n) is 8.33. The van der Waals surface area contributed by atoms with E-state index in [1.54, 1.807) is 31.4 Å². The minimum absolute atomic E-state index is 0.0903. The summed E-state index contributed by atoms with van der Waals surface area (Å²) in [4.78, 5) is 12.6. The molecule has 3 rings (SSSR count). The predicted octanol–water partition coefficient (Wildman–Crippen LogP) is 3.94. The number of esters is 1. The summed E-state index contributed by atoms with van der Waals surface area (Å²) in [6.07, 6.45) is 0. The summed E-state index contributed by atoms with van der Waals surface area (Å²) in [6.45, 7) is 0.199. The third-order valence-electron chi connectivity index (χ3n) is 4.10. The third-order valence-corrected chi connectivity index (χ3v) is 6.75. The molecule has 0 unspecified atom stereocenters. The number of nitrogens with zero attached hydrogens (tertiary/aromatic N) is 1. The normalized spacial score (nSPS) is 11.1. The minimum Gasteiger partial charge on any atom is -0.497 e. The van der Waals surface area contributed by atoms with Crippen LogP contribution in [0.4, 0.5) is 5.69 Å². The van der Waals surface area contributed by atoms with Gasteiger partial charge in [0.25, 0.3) is 10.0 Å². The van der Waals surface area contributed by atoms with E-state index in [-0.39, 0.29) is 17.0 Å². The summed E-state index contributed by atoms with van der Waals surface area (Å²) in [5.74, 6) is 0.120. The summed E-state index contributed by atoms with van der Waals surface area (Å²) in [5, 5.41) is 1.90. The molecular formula is C20H19NO5S2. The molecule has 146 valence electrons. The van der Waals surface area contributed by atoms with Crippen molar-refractivity contribution in [3.63, 3.8) is 0 Å². The Morgan fingerprint density at radius 3 is 2.21 bits per heavy atom. The molecule has 0 fully saturated rings. The lowest BCUT2D eigenvalue weighted by molar-refractivity contribution is 0.0600. The van der Waals surface area contributed by atoms with Crippen LogP contribution in [0.15, 0.2) is 70.9 Å². The Morgan fingerprint density at radius 2 is 1.68 bits per heavy atom. The molecule has 2 aromatic carbocycles. The first-order chi connectivity index (χ1) is 13.5. The summed E-state index contributed by atoms with van der Waals surface area (Å²) < 4.78 is 37.9. The zero-order chi connectivity index (χ0) is 20.1. The predicted molar refractivity (Wildman–Crippen MR) is 108 cm³/mol. The standard InChI is InChI=1S/C20H19NO5S2/c1-25-17-9-7-16(8-10-17)21(14-18-4-3-13-27-18)28(23,24)19-11-5-15(6-12-19)20(22)26-2/h3-13H,14H2,1-2H3. The van der Waals surface area contributed by atoms with Crippen LogP contribution >= 0.6 is 11.3 Å². The number of methoxy groups -OCH3 is 2. The molecule has 0 aliphatic heterocycles. The van der Waals surface area contributed by atoms with Gasteiger partial charge in [-0.25, -0.2) is 13.2 Å². The van der Waals surface area contributed by atoms with Gasteiger partial charge in [0.2, 0.25) is 0 Å². The van der Waals surface area contributed by atoms with Crippen LogP contribution in [0.3, 0.4) is 0 Å². The van der Waals surface area contributed by atoms with Crippen LogP contribution in [-0.4, -0.2) is 28.6 Å². The molecule has 0 atom stereocenters. The van der Waals surface area contributed by atoms with Crippen LogP contribution in [0.5, 0.6) is 5.75 Å². The molecule has 0 aliphatic rings. The van der Waals surface area contributed by atoms with Crippen LogP contribution < -0.4 is 9.04 Å². The second-order valence-corrected chi connectivity index (χ2v) is 8.70. The Hall–Kier alpha value is -2.84. The Bertz CT molecular complexity index is 1030. The molecule has 0 aliphatic carbocycles. The van der Waals surface area contributed by atoms with Crippen LogP contribution in [-0.2, 0) is 21.3 Å². The van der Waals surface area contributed by atoms with E-state index in [2.05, 4.69) is 4.74 Å². The van der Waals surface area contributed by atoms with E-state index in [0.717, 1.165) is 4.88 Å². The van der Waals surface area contributed by atoms with Crippen molar-refractivity contribution in [2.24, 2.45) is 0 Å². The average molecular weight is 418 g/mol. The van der Waals surface area contributed by atoms with Crippen molar-refractivity contribution in [1.29, 1.82) is 0 Å². The SMILES string of the molecule is COC(=O)c1ccc(S(=O)(=O)N(Cc2cccs2)c2ccc(OC)cc2)cc1. The van der Waals surface area contributed by atoms with E-state index in [1.807, 2.05) is 17.5 Å². The van der Waals surface area contributed by atoms with Crippen LogP contribution in [0.25, 0.3) is 0 Å². The van der Waals surface area contributed by atoms with E-state index in [0.29, 0.717) is 11.4 Å². The van der Waals surface area contributed by atoms with Gasteiger partial charge in [-0.15, -0.1) is 11.3 Å². The molecular weight excluding hydrogens is 398 g/mol. The zero-order valence-electron chi connectivity index (χ0n) is 15.4. The highest BCUT2D eigenvalue weighted by Crippen LogP contribution is 2.29. The van der Waals surface area contributed by atoms with Crippen molar-refractivity contribution in [3.8, 4) is 5.75 Å². The highest BCUT2D eigenvalue weighted by molar-refractivity contribution is 7.92. The largest absolute Gasteiger partial charge is 0.497 e. The molecule has 1 heterocycles. The molecule has 6 nitrogen and oxygen atoms in total. The lowest BCUT2D eigenvalue weighted by atomic mass is 10.2. The second-order valence-electron chi connectivity index (χ2n) is 5.81. The summed E-state index contributed by atoms with van der Waals surface area (Å²) in [6, 6.07) is 16.3. The van der Waals surface area contributed by atoms with Crippen LogP contribution in [0.2, 0.25) is 0 Å². The summed E-state index contributed by atoms with van der Waals surface area (Å²) in [7, 11) is -1.02. The number of ether oxygens (including phenoxy) is 2. The van der Waals surface area contributed by atoms with Gasteiger partial charge < -0.3 is 9.47 Å². The van der Waals surface area contributed by atoms with E-state index >= 15 is 0 Å². The minimum atomic E-state index is -3.85. The van der Waals surface area contributed by atoms with E-state index in [4.69, 9.17) is 4.74 Å². The number of thiophene rings is 1. The number of carbonyl (C=O) groups is 1. The molecule has 0 N–H and O–H groups in total. The quantitative estimate of drug-likeness (QED) is 0.545. The first-order valence-corrected chi connectivity index (χ1v) is 10.6. The van der Waals surface area contributed by atoms with Gasteiger partial charge in [-0.3, -0.25) is 4.31 Å². The van der Waals surface area contributed by atoms with Gasteiger partial charge in [0.05, 0.1) is 36.9 Å². The van der Waals surface area contributed by atoms with Crippen molar-refractivity contribution in [1.82, 2.24) is 0 Å². The van der Waals surface area contributed by atoms with Crippen molar-refractivity contribution in [2.45, 2.75) is 11.4 Å². The molecule has 0 saturated carbocycles. The highest BCUT2D eigenvalue weighted by atomic mass is 32.2. The molecule has 8 heteroatoms. The highest BCUT2D eigenvalue weighted by Gasteiger charge is 2.26. The molecule has 1 aromatic heterocycles. The average Bonchev–Trinajstić information content (AvgIpc) is 3.25. The Kier molecular flexibility index (Phi) is 6.01. The zero-order valence-corrected chi connectivity index (χ0v) is 17.0. The third kappa shape index (κ3) is 4.18. The van der Waals surface area contributed by atoms with Crippen LogP contribution in [0.1, 0.15) is 15.2 Å². The Morgan fingerprint density at radius 1 is 1.00 bits per heavy atom. The van der Waals surface area contributed by atoms with Gasteiger partial charge in [-0.1, -0.05) is 6.07 Å². The molecule has 28 heavy (non-hydrogen) atoms. The smallest absolute Gasteiger partial charge is 0.337 e. The molecule has 3 aromatic rings. The van der Waals surface area contributed by atoms with Gasteiger partial charge in [-0.05, 0) is 60.0 Å². The Labute approximate surface area is 168 Å². The van der Waals surface area contributed by atoms with Gasteiger partial charge in [0.1, 0.15) is 5.75 Å². The first kappa shape index (κ1) is 19.9. The number of hydrogen-bond donors (Lipinski definition) is 0. The maximum atomic E-state index is 13.3. The van der Waals surface area contributed by atoms with Crippen LogP contribution in [0, 0.1) is 0 Å². The maximum Gasteiger partial charge on any atom is 0.337 e. The summed E-state index contributed by atoms with van der Waals surface area (Å²) >= 11 is 1.48. The van der Waals surface area contributed by atoms with Crippen molar-refractivity contribution < 1.29 is 22.7 Å². The topological polar surface area (TPSA) is 72.9 Å². The summed E-state index contributed by atoms with van der Waals surface area (Å²) in [5.41, 5.74) is 0.807.